The zero-order valence-electron chi connectivity index (χ0n) is 18.4. The van der Waals surface area contributed by atoms with Crippen molar-refractivity contribution in [2.24, 2.45) is 10.9 Å². The molecule has 0 spiro atoms. The highest BCUT2D eigenvalue weighted by Gasteiger charge is 2.30. The smallest absolute Gasteiger partial charge is 0.308 e. The van der Waals surface area contributed by atoms with Gasteiger partial charge < -0.3 is 10.1 Å². The standard InChI is InChI=1S/C24H25Cl2N3O4/c1-3-16-19(9-10-21(16)30)29-20(11-22(31)33-4-2)14-5-7-15(8-6-14)28-24(32)23-17(25)12-27-13-18(23)26/h5-8,12-13,16,20H,3-4,9-11H2,1-2H3,(H,28,32). The van der Waals surface area contributed by atoms with E-state index < -0.39 is 11.9 Å². The van der Waals surface area contributed by atoms with E-state index in [0.717, 1.165) is 11.3 Å². The molecule has 1 heterocycles. The number of Topliss-reactive ketones (excluding diaryl/α,β-unsaturated/α-hetero) is 1. The molecule has 0 aliphatic heterocycles. The highest BCUT2D eigenvalue weighted by Crippen LogP contribution is 2.30. The lowest BCUT2D eigenvalue weighted by Gasteiger charge is -2.16. The van der Waals surface area contributed by atoms with Crippen molar-refractivity contribution in [2.75, 3.05) is 11.9 Å². The molecule has 174 valence electrons. The van der Waals surface area contributed by atoms with E-state index in [1.807, 2.05) is 6.92 Å². The van der Waals surface area contributed by atoms with Gasteiger partial charge in [0.2, 0.25) is 0 Å². The zero-order chi connectivity index (χ0) is 24.0. The van der Waals surface area contributed by atoms with Crippen LogP contribution in [-0.4, -0.2) is 35.0 Å². The van der Waals surface area contributed by atoms with Crippen molar-refractivity contribution in [1.82, 2.24) is 4.98 Å². The number of ether oxygens (including phenoxy) is 1. The molecule has 1 saturated carbocycles. The summed E-state index contributed by atoms with van der Waals surface area (Å²) < 4.78 is 5.12. The first-order valence-electron chi connectivity index (χ1n) is 10.8. The zero-order valence-corrected chi connectivity index (χ0v) is 19.9. The van der Waals surface area contributed by atoms with Crippen molar-refractivity contribution < 1.29 is 19.1 Å². The van der Waals surface area contributed by atoms with Gasteiger partial charge in [-0.25, -0.2) is 0 Å². The molecule has 0 bridgehead atoms. The van der Waals surface area contributed by atoms with Crippen molar-refractivity contribution >= 4 is 52.3 Å². The Morgan fingerprint density at radius 3 is 2.42 bits per heavy atom. The molecular weight excluding hydrogens is 465 g/mol. The molecule has 33 heavy (non-hydrogen) atoms. The van der Waals surface area contributed by atoms with Gasteiger partial charge in [0.25, 0.3) is 5.91 Å². The predicted molar refractivity (Wildman–Crippen MR) is 128 cm³/mol. The first kappa shape index (κ1) is 24.9. The molecule has 0 saturated heterocycles. The molecule has 1 aliphatic rings. The second kappa shape index (κ2) is 11.4. The van der Waals surface area contributed by atoms with E-state index in [2.05, 4.69) is 10.3 Å². The van der Waals surface area contributed by atoms with E-state index in [-0.39, 0.29) is 46.3 Å². The molecule has 9 heteroatoms. The SMILES string of the molecule is CCOC(=O)CC(N=C1CCC(=O)C1CC)c1ccc(NC(=O)c2c(Cl)cncc2Cl)cc1. The number of nitrogens with one attached hydrogen (secondary N) is 1. The maximum Gasteiger partial charge on any atom is 0.308 e. The van der Waals surface area contributed by atoms with Gasteiger partial charge in [0.15, 0.2) is 0 Å². The number of pyridine rings is 1. The molecule has 1 aromatic heterocycles. The molecule has 3 rings (SSSR count). The Labute approximate surface area is 202 Å². The molecule has 1 fully saturated rings. The number of anilines is 1. The van der Waals surface area contributed by atoms with E-state index in [1.165, 1.54) is 12.4 Å². The summed E-state index contributed by atoms with van der Waals surface area (Å²) in [5.41, 5.74) is 2.28. The maximum absolute atomic E-state index is 12.6. The molecular formula is C24H25Cl2N3O4. The van der Waals surface area contributed by atoms with E-state index >= 15 is 0 Å². The van der Waals surface area contributed by atoms with Crippen LogP contribution in [0.5, 0.6) is 0 Å². The molecule has 1 aromatic carbocycles. The number of ketones is 1. The molecule has 2 aromatic rings. The summed E-state index contributed by atoms with van der Waals surface area (Å²) in [5.74, 6) is -0.817. The topological polar surface area (TPSA) is 97.7 Å². The maximum atomic E-state index is 12.6. The molecule has 0 radical (unpaired) electrons. The van der Waals surface area contributed by atoms with E-state index in [4.69, 9.17) is 32.9 Å². The molecule has 1 aliphatic carbocycles. The van der Waals surface area contributed by atoms with Gasteiger partial charge in [0, 0.05) is 30.2 Å². The monoisotopic (exact) mass is 489 g/mol. The minimum Gasteiger partial charge on any atom is -0.466 e. The quantitative estimate of drug-likeness (QED) is 0.496. The summed E-state index contributed by atoms with van der Waals surface area (Å²) >= 11 is 12.1. The number of aromatic nitrogens is 1. The summed E-state index contributed by atoms with van der Waals surface area (Å²) in [6.07, 6.45) is 4.54. The second-order valence-electron chi connectivity index (χ2n) is 7.63. The van der Waals surface area contributed by atoms with Gasteiger partial charge in [-0.15, -0.1) is 0 Å². The summed E-state index contributed by atoms with van der Waals surface area (Å²) in [7, 11) is 0. The lowest BCUT2D eigenvalue weighted by molar-refractivity contribution is -0.143. The van der Waals surface area contributed by atoms with Crippen LogP contribution < -0.4 is 5.32 Å². The van der Waals surface area contributed by atoms with Crippen LogP contribution in [-0.2, 0) is 14.3 Å². The first-order chi connectivity index (χ1) is 15.8. The van der Waals surface area contributed by atoms with Crippen molar-refractivity contribution in [2.45, 2.75) is 45.6 Å². The van der Waals surface area contributed by atoms with Crippen LogP contribution >= 0.6 is 23.2 Å². The van der Waals surface area contributed by atoms with Crippen LogP contribution in [0.1, 0.15) is 61.5 Å². The number of aliphatic imine (C=N–C) groups is 1. The van der Waals surface area contributed by atoms with Crippen LogP contribution in [0.25, 0.3) is 0 Å². The van der Waals surface area contributed by atoms with Crippen LogP contribution in [0.15, 0.2) is 41.7 Å². The number of hydrogen-bond donors (Lipinski definition) is 1. The van der Waals surface area contributed by atoms with E-state index in [1.54, 1.807) is 31.2 Å². The summed E-state index contributed by atoms with van der Waals surface area (Å²) in [5, 5.41) is 3.06. The van der Waals surface area contributed by atoms with Gasteiger partial charge in [-0.1, -0.05) is 42.3 Å². The number of benzene rings is 1. The normalized spacial score (nSPS) is 17.8. The number of hydrogen-bond acceptors (Lipinski definition) is 6. The summed E-state index contributed by atoms with van der Waals surface area (Å²) in [6, 6.07) is 6.53. The van der Waals surface area contributed by atoms with Crippen LogP contribution in [0.2, 0.25) is 10.0 Å². The Bertz CT molecular complexity index is 1050. The lowest BCUT2D eigenvalue weighted by atomic mass is 10.00. The van der Waals surface area contributed by atoms with Gasteiger partial charge in [0.1, 0.15) is 5.78 Å². The highest BCUT2D eigenvalue weighted by atomic mass is 35.5. The van der Waals surface area contributed by atoms with E-state index in [0.29, 0.717) is 24.9 Å². The van der Waals surface area contributed by atoms with Crippen molar-refractivity contribution in [1.29, 1.82) is 0 Å². The minimum atomic E-state index is -0.479. The number of carbonyl (C=O) groups is 3. The molecule has 7 nitrogen and oxygen atoms in total. The third-order valence-corrected chi connectivity index (χ3v) is 6.02. The fraction of sp³-hybridized carbons (Fsp3) is 0.375. The number of carbonyl (C=O) groups excluding carboxylic acids is 3. The van der Waals surface area contributed by atoms with Gasteiger partial charge in [0.05, 0.1) is 40.6 Å². The van der Waals surface area contributed by atoms with Gasteiger partial charge in [-0.05, 0) is 37.5 Å². The Hall–Kier alpha value is -2.77. The van der Waals surface area contributed by atoms with Crippen LogP contribution in [0.3, 0.4) is 0 Å². The van der Waals surface area contributed by atoms with Gasteiger partial charge >= 0.3 is 5.97 Å². The Balaban J connectivity index is 1.82. The summed E-state index contributed by atoms with van der Waals surface area (Å²) in [6.45, 7) is 3.99. The largest absolute Gasteiger partial charge is 0.466 e. The minimum absolute atomic E-state index is 0.0654. The summed E-state index contributed by atoms with van der Waals surface area (Å²) in [4.78, 5) is 45.6. The van der Waals surface area contributed by atoms with Crippen LogP contribution in [0.4, 0.5) is 5.69 Å². The Kier molecular flexibility index (Phi) is 8.58. The third kappa shape index (κ3) is 6.18. The molecule has 1 amide bonds. The number of amides is 1. The first-order valence-corrected chi connectivity index (χ1v) is 11.5. The fourth-order valence-electron chi connectivity index (χ4n) is 3.83. The fourth-order valence-corrected chi connectivity index (χ4v) is 4.37. The molecule has 1 N–H and O–H groups in total. The number of esters is 1. The van der Waals surface area contributed by atoms with E-state index in [9.17, 15) is 14.4 Å². The predicted octanol–water partition coefficient (Wildman–Crippen LogP) is 5.47. The lowest BCUT2D eigenvalue weighted by Crippen LogP contribution is -2.16. The Morgan fingerprint density at radius 1 is 1.15 bits per heavy atom. The number of rotatable bonds is 8. The van der Waals surface area contributed by atoms with Crippen molar-refractivity contribution in [3.63, 3.8) is 0 Å². The van der Waals surface area contributed by atoms with Gasteiger partial charge in [-0.3, -0.25) is 24.4 Å². The number of halogens is 2. The average molecular weight is 490 g/mol. The van der Waals surface area contributed by atoms with Gasteiger partial charge in [-0.2, -0.15) is 0 Å². The average Bonchev–Trinajstić information content (AvgIpc) is 3.13. The van der Waals surface area contributed by atoms with Crippen molar-refractivity contribution in [3.05, 3.63) is 57.8 Å². The van der Waals surface area contributed by atoms with Crippen LogP contribution in [0, 0.1) is 5.92 Å². The molecule has 2 unspecified atom stereocenters. The second-order valence-corrected chi connectivity index (χ2v) is 8.44. The van der Waals surface area contributed by atoms with Crippen molar-refractivity contribution in [3.8, 4) is 0 Å². The molecule has 2 atom stereocenters. The third-order valence-electron chi connectivity index (χ3n) is 5.45. The highest BCUT2D eigenvalue weighted by molar-refractivity contribution is 6.40. The number of nitrogens with zero attached hydrogens (tertiary/aromatic N) is 2. The Morgan fingerprint density at radius 2 is 1.82 bits per heavy atom.